The lowest BCUT2D eigenvalue weighted by molar-refractivity contribution is -0.132. The van der Waals surface area contributed by atoms with Gasteiger partial charge in [0.1, 0.15) is 6.04 Å². The summed E-state index contributed by atoms with van der Waals surface area (Å²) in [6, 6.07) is 2.67. The summed E-state index contributed by atoms with van der Waals surface area (Å²) in [5.74, 6) is -2.09. The highest BCUT2D eigenvalue weighted by Crippen LogP contribution is 2.27. The zero-order chi connectivity index (χ0) is 23.3. The van der Waals surface area contributed by atoms with Crippen LogP contribution in [-0.2, 0) is 24.4 Å². The number of hydrogen-bond acceptors (Lipinski definition) is 7. The molecule has 0 aliphatic carbocycles. The van der Waals surface area contributed by atoms with E-state index in [0.717, 1.165) is 4.31 Å². The first-order valence-electron chi connectivity index (χ1n) is 9.51. The van der Waals surface area contributed by atoms with E-state index in [-0.39, 0.29) is 30.3 Å². The van der Waals surface area contributed by atoms with Gasteiger partial charge in [-0.3, -0.25) is 19.6 Å². The van der Waals surface area contributed by atoms with Crippen molar-refractivity contribution in [2.45, 2.75) is 43.3 Å². The smallest absolute Gasteiger partial charge is 0.261 e. The van der Waals surface area contributed by atoms with Crippen molar-refractivity contribution in [1.82, 2.24) is 20.4 Å². The fourth-order valence-electron chi connectivity index (χ4n) is 3.10. The molecule has 1 fully saturated rings. The molecule has 3 amide bonds. The third-order valence-corrected chi connectivity index (χ3v) is 7.04. The molecule has 1 aromatic rings. The molecule has 1 aliphatic rings. The van der Waals surface area contributed by atoms with Crippen molar-refractivity contribution in [2.75, 3.05) is 13.1 Å². The van der Waals surface area contributed by atoms with Gasteiger partial charge in [0.05, 0.1) is 17.5 Å². The van der Waals surface area contributed by atoms with Crippen LogP contribution in [0.15, 0.2) is 29.2 Å². The molecule has 0 aromatic heterocycles. The van der Waals surface area contributed by atoms with E-state index in [1.54, 1.807) is 13.8 Å². The van der Waals surface area contributed by atoms with Crippen LogP contribution < -0.4 is 21.8 Å². The van der Waals surface area contributed by atoms with E-state index in [4.69, 9.17) is 22.5 Å². The van der Waals surface area contributed by atoms with Gasteiger partial charge < -0.3 is 16.4 Å². The molecule has 6 N–H and O–H groups in total. The van der Waals surface area contributed by atoms with E-state index in [0.29, 0.717) is 5.02 Å². The van der Waals surface area contributed by atoms with Crippen LogP contribution in [0.4, 0.5) is 0 Å². The van der Waals surface area contributed by atoms with Gasteiger partial charge in [-0.1, -0.05) is 25.4 Å². The minimum absolute atomic E-state index is 0.0651. The molecule has 1 aromatic carbocycles. The number of halogens is 1. The number of carbonyl (C=O) groups excluding carboxylic acids is 3. The maximum absolute atomic E-state index is 13.0. The van der Waals surface area contributed by atoms with Crippen LogP contribution in [0.3, 0.4) is 0 Å². The Kier molecular flexibility index (Phi) is 8.37. The Labute approximate surface area is 185 Å². The molecule has 1 heterocycles. The van der Waals surface area contributed by atoms with Crippen molar-refractivity contribution >= 4 is 39.3 Å². The number of nitrogens with two attached hydrogens (primary N) is 1. The number of benzene rings is 1. The lowest BCUT2D eigenvalue weighted by Crippen LogP contribution is -2.48. The Morgan fingerprint density at radius 3 is 2.42 bits per heavy atom. The Hall–Kier alpha value is -2.25. The summed E-state index contributed by atoms with van der Waals surface area (Å²) in [4.78, 5) is 36.1. The summed E-state index contributed by atoms with van der Waals surface area (Å²) < 4.78 is 26.9. The predicted molar refractivity (Wildman–Crippen MR) is 111 cm³/mol. The number of rotatable bonds is 8. The Bertz CT molecular complexity index is 924. The van der Waals surface area contributed by atoms with Gasteiger partial charge in [-0.2, -0.15) is 4.31 Å². The minimum Gasteiger partial charge on any atom is -0.350 e. The van der Waals surface area contributed by atoms with Crippen LogP contribution in [0.1, 0.15) is 20.3 Å². The first kappa shape index (κ1) is 25.0. The molecule has 1 saturated heterocycles. The SMILES string of the molecule is CC(C)[C@H](N)C(=O)NCC(=O)N[C@H]1C[C@@H](C(=O)NO)N(S(=O)(=O)c2ccc(Cl)cc2)C1. The third-order valence-electron chi connectivity index (χ3n) is 4.90. The highest BCUT2D eigenvalue weighted by Gasteiger charge is 2.44. The molecular weight excluding hydrogens is 450 g/mol. The second-order valence-electron chi connectivity index (χ2n) is 7.51. The van der Waals surface area contributed by atoms with Crippen LogP contribution in [0, 0.1) is 5.92 Å². The van der Waals surface area contributed by atoms with Crippen molar-refractivity contribution < 1.29 is 28.0 Å². The normalized spacial score (nSPS) is 20.3. The Morgan fingerprint density at radius 1 is 1.26 bits per heavy atom. The van der Waals surface area contributed by atoms with E-state index in [2.05, 4.69) is 10.6 Å². The molecule has 172 valence electrons. The van der Waals surface area contributed by atoms with E-state index < -0.39 is 45.9 Å². The molecular formula is C18H26ClN5O6S. The monoisotopic (exact) mass is 475 g/mol. The zero-order valence-corrected chi connectivity index (χ0v) is 18.6. The van der Waals surface area contributed by atoms with Crippen LogP contribution in [0.25, 0.3) is 0 Å². The molecule has 0 saturated carbocycles. The van der Waals surface area contributed by atoms with Gasteiger partial charge in [0.2, 0.25) is 21.8 Å². The van der Waals surface area contributed by atoms with Gasteiger partial charge in [0, 0.05) is 17.6 Å². The van der Waals surface area contributed by atoms with Crippen molar-refractivity contribution in [3.63, 3.8) is 0 Å². The number of hydrogen-bond donors (Lipinski definition) is 5. The van der Waals surface area contributed by atoms with Crippen LogP contribution in [0.2, 0.25) is 5.02 Å². The fraction of sp³-hybridized carbons (Fsp3) is 0.500. The van der Waals surface area contributed by atoms with Crippen molar-refractivity contribution in [3.05, 3.63) is 29.3 Å². The summed E-state index contributed by atoms with van der Waals surface area (Å²) in [5, 5.41) is 14.4. The molecule has 0 radical (unpaired) electrons. The average molecular weight is 476 g/mol. The minimum atomic E-state index is -4.11. The molecule has 13 heteroatoms. The second kappa shape index (κ2) is 10.4. The summed E-state index contributed by atoms with van der Waals surface area (Å²) in [5.41, 5.74) is 7.17. The van der Waals surface area contributed by atoms with Gasteiger partial charge in [-0.25, -0.2) is 13.9 Å². The third kappa shape index (κ3) is 6.14. The second-order valence-corrected chi connectivity index (χ2v) is 9.84. The molecule has 11 nitrogen and oxygen atoms in total. The zero-order valence-electron chi connectivity index (χ0n) is 17.0. The quantitative estimate of drug-likeness (QED) is 0.242. The summed E-state index contributed by atoms with van der Waals surface area (Å²) in [6.45, 7) is 2.99. The molecule has 31 heavy (non-hydrogen) atoms. The molecule has 2 rings (SSSR count). The first-order chi connectivity index (χ1) is 14.5. The van der Waals surface area contributed by atoms with Crippen molar-refractivity contribution in [3.8, 4) is 0 Å². The topological polar surface area (TPSA) is 171 Å². The number of carbonyl (C=O) groups is 3. The van der Waals surface area contributed by atoms with Crippen LogP contribution >= 0.6 is 11.6 Å². The van der Waals surface area contributed by atoms with Gasteiger partial charge in [0.25, 0.3) is 5.91 Å². The molecule has 0 bridgehead atoms. The van der Waals surface area contributed by atoms with Gasteiger partial charge in [-0.15, -0.1) is 0 Å². The maximum atomic E-state index is 13.0. The van der Waals surface area contributed by atoms with Gasteiger partial charge in [-0.05, 0) is 36.6 Å². The Morgan fingerprint density at radius 2 is 1.87 bits per heavy atom. The van der Waals surface area contributed by atoms with E-state index in [9.17, 15) is 22.8 Å². The van der Waals surface area contributed by atoms with Crippen molar-refractivity contribution in [2.24, 2.45) is 11.7 Å². The van der Waals surface area contributed by atoms with E-state index in [1.165, 1.54) is 29.7 Å². The predicted octanol–water partition coefficient (Wildman–Crippen LogP) is -0.807. The van der Waals surface area contributed by atoms with Gasteiger partial charge >= 0.3 is 0 Å². The molecule has 3 atom stereocenters. The number of amides is 3. The van der Waals surface area contributed by atoms with E-state index in [1.807, 2.05) is 0 Å². The highest BCUT2D eigenvalue weighted by molar-refractivity contribution is 7.89. The summed E-state index contributed by atoms with van der Waals surface area (Å²) >= 11 is 5.80. The number of sulfonamides is 1. The average Bonchev–Trinajstić information content (AvgIpc) is 3.15. The summed E-state index contributed by atoms with van der Waals surface area (Å²) in [7, 11) is -4.11. The number of nitrogens with one attached hydrogen (secondary N) is 3. The van der Waals surface area contributed by atoms with Gasteiger partial charge in [0.15, 0.2) is 0 Å². The largest absolute Gasteiger partial charge is 0.350 e. The van der Waals surface area contributed by atoms with Crippen LogP contribution in [-0.4, -0.2) is 66.9 Å². The lowest BCUT2D eigenvalue weighted by atomic mass is 10.1. The molecule has 1 aliphatic heterocycles. The standard InChI is InChI=1S/C18H26ClN5O6S/c1-10(2)16(20)18(27)21-8-15(25)22-12-7-14(17(26)23-28)24(9-12)31(29,30)13-5-3-11(19)4-6-13/h3-6,10,12,14,16,28H,7-9,20H2,1-2H3,(H,21,27)(H,22,25)(H,23,26)/t12-,14-,16-/m0/s1. The first-order valence-corrected chi connectivity index (χ1v) is 11.3. The molecule has 0 unspecified atom stereocenters. The molecule has 0 spiro atoms. The number of hydroxylamine groups is 1. The van der Waals surface area contributed by atoms with E-state index >= 15 is 0 Å². The maximum Gasteiger partial charge on any atom is 0.261 e. The highest BCUT2D eigenvalue weighted by atomic mass is 35.5. The number of nitrogens with zero attached hydrogens (tertiary/aromatic N) is 1. The summed E-state index contributed by atoms with van der Waals surface area (Å²) in [6.07, 6.45) is -0.0651. The fourth-order valence-corrected chi connectivity index (χ4v) is 4.87. The lowest BCUT2D eigenvalue weighted by Gasteiger charge is -2.22. The Balaban J connectivity index is 2.09. The van der Waals surface area contributed by atoms with Crippen LogP contribution in [0.5, 0.6) is 0 Å². The van der Waals surface area contributed by atoms with Crippen molar-refractivity contribution in [1.29, 1.82) is 0 Å².